The molecule has 124 heavy (non-hydrogen) atoms. The maximum atomic E-state index is 13.4. The molecule has 7 aromatic rings. The van der Waals surface area contributed by atoms with Gasteiger partial charge < -0.3 is 52.8 Å². The first-order valence-electron chi connectivity index (χ1n) is 42.1. The zero-order valence-corrected chi connectivity index (χ0v) is 80.5. The van der Waals surface area contributed by atoms with Gasteiger partial charge in [0.2, 0.25) is 6.17 Å². The van der Waals surface area contributed by atoms with E-state index in [1.165, 1.54) is 63.8 Å². The lowest BCUT2D eigenvalue weighted by molar-refractivity contribution is -0.328. The van der Waals surface area contributed by atoms with Crippen molar-refractivity contribution in [3.63, 3.8) is 0 Å². The summed E-state index contributed by atoms with van der Waals surface area (Å²) in [5.41, 5.74) is 7.06. The summed E-state index contributed by atoms with van der Waals surface area (Å²) >= 11 is 5.41. The first-order valence-corrected chi connectivity index (χ1v) is 46.8. The van der Waals surface area contributed by atoms with E-state index in [1.54, 1.807) is 36.4 Å². The Balaban J connectivity index is 0.000000726. The van der Waals surface area contributed by atoms with Gasteiger partial charge in [-0.25, -0.2) is 30.8 Å². The summed E-state index contributed by atoms with van der Waals surface area (Å²) in [6.07, 6.45) is 8.01. The number of ether oxygens (including phenoxy) is 6. The molecule has 8 rings (SSSR count). The van der Waals surface area contributed by atoms with Crippen molar-refractivity contribution in [3.05, 3.63) is 213 Å². The Bertz CT molecular complexity index is 4330. The minimum atomic E-state index is -6.73. The van der Waals surface area contributed by atoms with Crippen LogP contribution in [0.25, 0.3) is 0 Å². The number of aliphatic hydroxyl groups excluding tert-OH is 1. The minimum Gasteiger partial charge on any atom is -0.748 e. The molecule has 19 nitrogen and oxygen atoms in total. The van der Waals surface area contributed by atoms with E-state index < -0.39 is 85.7 Å². The van der Waals surface area contributed by atoms with Crippen LogP contribution in [0.1, 0.15) is 272 Å². The second kappa shape index (κ2) is 57.1. The molecule has 8 atom stereocenters. The molecule has 28 heteroatoms. The van der Waals surface area contributed by atoms with Crippen LogP contribution in [0.3, 0.4) is 0 Å². The molecule has 1 aliphatic rings. The van der Waals surface area contributed by atoms with Crippen LogP contribution in [0.15, 0.2) is 181 Å². The molecule has 1 saturated carbocycles. The van der Waals surface area contributed by atoms with E-state index in [9.17, 15) is 67.1 Å². The highest BCUT2D eigenvalue weighted by Crippen LogP contribution is 2.42. The third kappa shape index (κ3) is 45.0. The minimum absolute atomic E-state index is 0.00950. The highest BCUT2D eigenvalue weighted by atomic mass is 127. The van der Waals surface area contributed by atoms with Crippen molar-refractivity contribution < 1.29 is 133 Å². The van der Waals surface area contributed by atoms with Crippen molar-refractivity contribution in [2.75, 3.05) is 38.8 Å². The number of hydrogen-bond donors (Lipinski definition) is 3. The highest BCUT2D eigenvalue weighted by Gasteiger charge is 2.66. The molecule has 1 fully saturated rings. The van der Waals surface area contributed by atoms with E-state index in [0.717, 1.165) is 80.4 Å². The molecule has 694 valence electrons. The fraction of sp³-hybridized carbons (Fsp3) is 0.521. The van der Waals surface area contributed by atoms with Crippen LogP contribution in [0.4, 0.5) is 22.0 Å². The monoisotopic (exact) mass is 1910 g/mol. The van der Waals surface area contributed by atoms with Crippen LogP contribution in [0.2, 0.25) is 0 Å². The third-order valence-corrected chi connectivity index (χ3v) is 23.6. The number of Topliss-reactive ketones (excluding diaryl/α,β-unsaturated/α-hetero) is 1. The van der Waals surface area contributed by atoms with Crippen molar-refractivity contribution >= 4 is 56.6 Å². The van der Waals surface area contributed by atoms with Gasteiger partial charge in [-0.2, -0.15) is 17.6 Å². The lowest BCUT2D eigenvalue weighted by Gasteiger charge is -2.35. The van der Waals surface area contributed by atoms with E-state index in [2.05, 4.69) is 137 Å². The Morgan fingerprint density at radius 1 is 0.516 bits per heavy atom. The number of hydrogen-bond acceptors (Lipinski definition) is 19. The summed E-state index contributed by atoms with van der Waals surface area (Å²) in [5, 5.41) is 20.6. The number of rotatable bonds is 32. The number of carbonyl (C=O) groups is 4. The van der Waals surface area contributed by atoms with Crippen LogP contribution in [0, 0.1) is 15.4 Å². The van der Waals surface area contributed by atoms with Crippen LogP contribution in [-0.4, -0.2) is 132 Å². The molecule has 0 bridgehead atoms. The summed E-state index contributed by atoms with van der Waals surface area (Å²) in [4.78, 5) is 47.3. The zero-order chi connectivity index (χ0) is 94.4. The molecule has 8 unspecified atom stereocenters. The van der Waals surface area contributed by atoms with Crippen molar-refractivity contribution in [2.24, 2.45) is 11.8 Å². The zero-order valence-electron chi connectivity index (χ0n) is 75.6. The summed E-state index contributed by atoms with van der Waals surface area (Å²) in [5.74, 6) is -4.91. The predicted molar refractivity (Wildman–Crippen MR) is 479 cm³/mol. The van der Waals surface area contributed by atoms with Crippen molar-refractivity contribution in [1.29, 1.82) is 0 Å². The second-order valence-corrected chi connectivity index (χ2v) is 37.5. The number of esters is 3. The van der Waals surface area contributed by atoms with Crippen molar-refractivity contribution in [3.8, 4) is 28.7 Å². The molecule has 0 aromatic heterocycles. The quantitative estimate of drug-likeness (QED) is 0.00671. The predicted octanol–water partition coefficient (Wildman–Crippen LogP) is 18.5. The molecule has 0 radical (unpaired) electrons. The van der Waals surface area contributed by atoms with Crippen molar-refractivity contribution in [2.45, 2.75) is 277 Å². The first kappa shape index (κ1) is 114. The first-order chi connectivity index (χ1) is 57.8. The lowest BCUT2D eigenvalue weighted by atomic mass is 9.83. The fourth-order valence-corrected chi connectivity index (χ4v) is 12.8. The third-order valence-electron chi connectivity index (χ3n) is 20.8. The normalized spacial score (nSPS) is 14.4. The largest absolute Gasteiger partial charge is 0.748 e. The van der Waals surface area contributed by atoms with E-state index in [0.29, 0.717) is 40.9 Å². The molecule has 0 aliphatic heterocycles. The molecule has 3 N–H and O–H groups in total. The number of phenolic OH excluding ortho intramolecular Hbond substituents is 2. The number of phenols is 2. The molecule has 7 aromatic carbocycles. The van der Waals surface area contributed by atoms with Crippen LogP contribution in [0.5, 0.6) is 28.7 Å². The number of halogens is 6. The number of carbonyl (C=O) groups excluding carboxylic acids is 4. The molecule has 0 spiro atoms. The Morgan fingerprint density at radius 2 is 0.879 bits per heavy atom. The van der Waals surface area contributed by atoms with Gasteiger partial charge in [-0.05, 0) is 257 Å². The molecular weight excluding hydrogens is 1780 g/mol. The molecule has 0 heterocycles. The van der Waals surface area contributed by atoms with Gasteiger partial charge in [0.1, 0.15) is 58.1 Å². The van der Waals surface area contributed by atoms with E-state index >= 15 is 0 Å². The topological polar surface area (TPSA) is 299 Å². The molecule has 1 aliphatic carbocycles. The summed E-state index contributed by atoms with van der Waals surface area (Å²) in [6, 6.07) is 55.3. The number of benzene rings is 7. The van der Waals surface area contributed by atoms with Gasteiger partial charge in [-0.15, -0.1) is 0 Å². The van der Waals surface area contributed by atoms with E-state index in [-0.39, 0.29) is 60.9 Å². The summed E-state index contributed by atoms with van der Waals surface area (Å²) < 4.78 is 160. The number of aliphatic hydroxyl groups is 1. The number of alkyl halides is 5. The Kier molecular flexibility index (Phi) is 52.5. The Morgan fingerprint density at radius 3 is 1.19 bits per heavy atom. The Hall–Kier alpha value is -7.87. The second-order valence-electron chi connectivity index (χ2n) is 32.7. The van der Waals surface area contributed by atoms with Crippen molar-refractivity contribution in [1.82, 2.24) is 0 Å². The van der Waals surface area contributed by atoms with Crippen LogP contribution >= 0.6 is 0 Å². The van der Waals surface area contributed by atoms with Gasteiger partial charge in [0.15, 0.2) is 32.7 Å². The average molecular weight is 1910 g/mol. The van der Waals surface area contributed by atoms with Gasteiger partial charge >= 0.3 is 29.1 Å². The molecule has 0 saturated heterocycles. The highest BCUT2D eigenvalue weighted by molar-refractivity contribution is 7.86. The van der Waals surface area contributed by atoms with Crippen LogP contribution in [-0.2, 0) is 71.7 Å². The average Bonchev–Trinajstić information content (AvgIpc) is 0.765. The number of aromatic hydroxyl groups is 2. The SMILES string of the molecule is CC(C(=O)CO)C(C)C(=O)OCCCS(=O)(=O)[O-].CC(C)(C)c1ccc([IH+])cc1.CCC(C)c1ccc(O)cc1.CCC(C)c1ccc(O)cc1.CCC(C)c1ccc(OCC(=O)OC(C)(C)C)cc1.CCC(C)c1ccc(OCC(=O)OC2(CC)CCCCC2)cc1.CCC(C)c1ccc(OCC(F)C(F)(F)C(F)(F)S(=O)(=O)[O-])cc1.[SH2+]c1ccccc1. The maximum absolute atomic E-state index is 13.4. The van der Waals surface area contributed by atoms with Crippen LogP contribution < -0.4 is 36.8 Å². The molecular formula is C96H136F5IO19S3. The Labute approximate surface area is 754 Å². The van der Waals surface area contributed by atoms with Gasteiger partial charge in [-0.1, -0.05) is 208 Å². The van der Waals surface area contributed by atoms with Gasteiger partial charge in [-0.3, -0.25) is 9.59 Å². The van der Waals surface area contributed by atoms with Gasteiger partial charge in [0.05, 0.1) is 22.6 Å². The summed E-state index contributed by atoms with van der Waals surface area (Å²) in [6.45, 7) is 36.2. The fourth-order valence-electron chi connectivity index (χ4n) is 11.3. The van der Waals surface area contributed by atoms with Gasteiger partial charge in [0, 0.05) is 11.7 Å². The summed E-state index contributed by atoms with van der Waals surface area (Å²) in [7, 11) is -11.0. The van der Waals surface area contributed by atoms with Gasteiger partial charge in [0.25, 0.3) is 22.6 Å². The molecule has 0 amide bonds. The maximum Gasteiger partial charge on any atom is 0.399 e. The number of ketones is 1. The smallest absolute Gasteiger partial charge is 0.399 e. The lowest BCUT2D eigenvalue weighted by Crippen LogP contribution is -3.34. The van der Waals surface area contributed by atoms with E-state index in [4.69, 9.17) is 39.0 Å². The van der Waals surface area contributed by atoms with E-state index in [1.807, 2.05) is 148 Å². The standard InChI is InChI=1S/C20H30O3.C16H24O3.C14H17F5O4S.C10H14I.C10H18O7S.2C10H14O.C6H6S/c1-4-16(3)17-9-11-18(12-10-17)22-15-19(21)23-20(5-2)13-7-6-8-14-20;1-6-12(2)13-7-9-14(10-8-13)18-11-15(17)19-16(3,4)5;1-3-9(2)10-4-6-11(7-5-10)23-8-12(15)13(16,17)14(18,19)24(20,21)22;1-10(2,3)8-4-6-9(11)7-5-8;1-7(9(12)6-11)8(2)10(13)17-4-3-5-18(14,15)16;2*1-3-8(2)9-4-6-10(11)7-5-9;7-6-4-2-1-3-5-6/h9-12,16H,4-8,13-15H2,1-3H3;7-10,12H,6,11H2,1-5H3;4-7,9,12H,3,8H2,1-2H3,(H,20,21,22);4-7,11H,1-3H3;7-8,11H,3-6H2,1-2H3,(H,14,15,16);2*4-8,11H,3H2,1-2H3;1-5,7H/q;;;+1;;;;/p-1.